The van der Waals surface area contributed by atoms with Crippen molar-refractivity contribution in [3.8, 4) is 6.07 Å². The molecule has 5 atom stereocenters. The molecule has 0 aromatic carbocycles. The number of carbonyl (C=O) groups excluding carboxylic acids is 1. The summed E-state index contributed by atoms with van der Waals surface area (Å²) in [5, 5.41) is 21.9. The molecule has 92 valence electrons. The van der Waals surface area contributed by atoms with Gasteiger partial charge in [0.2, 0.25) is 5.91 Å². The highest BCUT2D eigenvalue weighted by Crippen LogP contribution is 2.37. The average Bonchev–Trinajstić information content (AvgIpc) is 3.01. The SMILES string of the molecule is N#C[C@@H]1CCCN1C(=O)[C@H]1N[C@H]2C[C@H]1C[C@H]2O. The van der Waals surface area contributed by atoms with Gasteiger partial charge in [-0.15, -0.1) is 0 Å². The number of nitriles is 1. The average molecular weight is 235 g/mol. The van der Waals surface area contributed by atoms with Gasteiger partial charge >= 0.3 is 0 Å². The van der Waals surface area contributed by atoms with Gasteiger partial charge in [0.1, 0.15) is 6.04 Å². The van der Waals surface area contributed by atoms with Gasteiger partial charge in [-0.2, -0.15) is 5.26 Å². The Morgan fingerprint density at radius 2 is 2.29 bits per heavy atom. The fourth-order valence-corrected chi connectivity index (χ4v) is 3.49. The summed E-state index contributed by atoms with van der Waals surface area (Å²) in [6.07, 6.45) is 3.04. The van der Waals surface area contributed by atoms with Crippen LogP contribution in [-0.2, 0) is 4.79 Å². The fraction of sp³-hybridized carbons (Fsp3) is 0.833. The minimum atomic E-state index is -0.297. The third-order valence-electron chi connectivity index (χ3n) is 4.38. The zero-order valence-electron chi connectivity index (χ0n) is 9.67. The van der Waals surface area contributed by atoms with E-state index in [0.29, 0.717) is 6.54 Å². The predicted octanol–water partition coefficient (Wildman–Crippen LogP) is -0.388. The van der Waals surface area contributed by atoms with Crippen molar-refractivity contribution in [3.05, 3.63) is 0 Å². The van der Waals surface area contributed by atoms with Crippen LogP contribution < -0.4 is 5.32 Å². The molecule has 3 aliphatic rings. The molecule has 0 aromatic rings. The smallest absolute Gasteiger partial charge is 0.241 e. The molecule has 17 heavy (non-hydrogen) atoms. The number of amides is 1. The third kappa shape index (κ3) is 1.63. The highest BCUT2D eigenvalue weighted by Gasteiger charge is 2.49. The molecular weight excluding hydrogens is 218 g/mol. The number of hydrogen-bond donors (Lipinski definition) is 2. The Kier molecular flexibility index (Phi) is 2.57. The zero-order chi connectivity index (χ0) is 12.0. The highest BCUT2D eigenvalue weighted by molar-refractivity contribution is 5.83. The Balaban J connectivity index is 1.70. The number of aliphatic hydroxyl groups excluding tert-OH is 1. The van der Waals surface area contributed by atoms with Crippen LogP contribution in [0.15, 0.2) is 0 Å². The summed E-state index contributed by atoms with van der Waals surface area (Å²) in [4.78, 5) is 14.1. The third-order valence-corrected chi connectivity index (χ3v) is 4.38. The second kappa shape index (κ2) is 3.97. The van der Waals surface area contributed by atoms with Crippen LogP contribution in [0.1, 0.15) is 25.7 Å². The largest absolute Gasteiger partial charge is 0.391 e. The first-order valence-electron chi connectivity index (χ1n) is 6.35. The molecule has 0 unspecified atom stereocenters. The number of carbonyl (C=O) groups is 1. The molecule has 2 saturated heterocycles. The second-order valence-electron chi connectivity index (χ2n) is 5.37. The zero-order valence-corrected chi connectivity index (χ0v) is 9.67. The summed E-state index contributed by atoms with van der Waals surface area (Å²) >= 11 is 0. The molecule has 1 aliphatic carbocycles. The quantitative estimate of drug-likeness (QED) is 0.649. The van der Waals surface area contributed by atoms with Crippen LogP contribution in [0.2, 0.25) is 0 Å². The molecule has 2 bridgehead atoms. The normalized spacial score (nSPS) is 44.0. The van der Waals surface area contributed by atoms with Gasteiger partial charge < -0.3 is 15.3 Å². The molecular formula is C12H17N3O2. The monoisotopic (exact) mass is 235 g/mol. The van der Waals surface area contributed by atoms with Crippen LogP contribution in [0.4, 0.5) is 0 Å². The molecule has 1 saturated carbocycles. The molecule has 5 nitrogen and oxygen atoms in total. The van der Waals surface area contributed by atoms with Gasteiger partial charge in [0.25, 0.3) is 0 Å². The van der Waals surface area contributed by atoms with E-state index in [0.717, 1.165) is 25.7 Å². The van der Waals surface area contributed by atoms with Crippen molar-refractivity contribution in [1.82, 2.24) is 10.2 Å². The van der Waals surface area contributed by atoms with E-state index >= 15 is 0 Å². The van der Waals surface area contributed by atoms with Gasteiger partial charge in [-0.3, -0.25) is 4.79 Å². The summed E-state index contributed by atoms with van der Waals surface area (Å²) < 4.78 is 0. The van der Waals surface area contributed by atoms with E-state index in [1.807, 2.05) is 0 Å². The molecule has 5 heteroatoms. The van der Waals surface area contributed by atoms with Gasteiger partial charge in [0.15, 0.2) is 0 Å². The first-order chi connectivity index (χ1) is 8.20. The Labute approximate surface area is 100 Å². The van der Waals surface area contributed by atoms with Crippen molar-refractivity contribution < 1.29 is 9.90 Å². The van der Waals surface area contributed by atoms with Gasteiger partial charge in [-0.1, -0.05) is 0 Å². The lowest BCUT2D eigenvalue weighted by atomic mass is 9.97. The van der Waals surface area contributed by atoms with Crippen molar-refractivity contribution in [1.29, 1.82) is 5.26 Å². The number of piperidine rings is 1. The number of nitrogens with zero attached hydrogens (tertiary/aromatic N) is 2. The van der Waals surface area contributed by atoms with Crippen molar-refractivity contribution >= 4 is 5.91 Å². The highest BCUT2D eigenvalue weighted by atomic mass is 16.3. The van der Waals surface area contributed by atoms with E-state index in [9.17, 15) is 9.90 Å². The van der Waals surface area contributed by atoms with Gasteiger partial charge in [0.05, 0.1) is 18.2 Å². The number of hydrogen-bond acceptors (Lipinski definition) is 4. The Hall–Kier alpha value is -1.12. The summed E-state index contributed by atoms with van der Waals surface area (Å²) in [6, 6.07) is 1.87. The van der Waals surface area contributed by atoms with Crippen LogP contribution in [0, 0.1) is 17.2 Å². The number of rotatable bonds is 1. The van der Waals surface area contributed by atoms with Crippen molar-refractivity contribution in [3.63, 3.8) is 0 Å². The Bertz CT molecular complexity index is 376. The fourth-order valence-electron chi connectivity index (χ4n) is 3.49. The van der Waals surface area contributed by atoms with E-state index in [1.165, 1.54) is 0 Å². The van der Waals surface area contributed by atoms with E-state index in [1.54, 1.807) is 4.90 Å². The van der Waals surface area contributed by atoms with Gasteiger partial charge in [0, 0.05) is 12.6 Å². The Morgan fingerprint density at radius 3 is 2.88 bits per heavy atom. The molecule has 3 fully saturated rings. The van der Waals surface area contributed by atoms with Crippen LogP contribution in [0.25, 0.3) is 0 Å². The van der Waals surface area contributed by atoms with E-state index in [4.69, 9.17) is 5.26 Å². The summed E-state index contributed by atoms with van der Waals surface area (Å²) in [5.41, 5.74) is 0. The maximum absolute atomic E-state index is 12.3. The van der Waals surface area contributed by atoms with E-state index in [-0.39, 0.29) is 36.1 Å². The van der Waals surface area contributed by atoms with E-state index < -0.39 is 0 Å². The van der Waals surface area contributed by atoms with Crippen LogP contribution in [0.3, 0.4) is 0 Å². The maximum Gasteiger partial charge on any atom is 0.241 e. The first-order valence-corrected chi connectivity index (χ1v) is 6.35. The van der Waals surface area contributed by atoms with E-state index in [2.05, 4.69) is 11.4 Å². The van der Waals surface area contributed by atoms with Gasteiger partial charge in [-0.05, 0) is 31.6 Å². The number of fused-ring (bicyclic) bond motifs is 2. The lowest BCUT2D eigenvalue weighted by molar-refractivity contribution is -0.134. The van der Waals surface area contributed by atoms with Crippen LogP contribution in [0.5, 0.6) is 0 Å². The molecule has 0 radical (unpaired) electrons. The standard InChI is InChI=1S/C12H17N3O2/c13-6-8-2-1-3-15(8)12(17)11-7-4-9(14-11)10(16)5-7/h7-11,14,16H,1-5H2/t7-,8-,9-,10+,11-/m0/s1. The summed E-state index contributed by atoms with van der Waals surface area (Å²) in [7, 11) is 0. The minimum Gasteiger partial charge on any atom is -0.391 e. The molecule has 2 aliphatic heterocycles. The first kappa shape index (κ1) is 11.0. The van der Waals surface area contributed by atoms with Crippen LogP contribution in [-0.4, -0.2) is 46.7 Å². The van der Waals surface area contributed by atoms with Crippen molar-refractivity contribution in [2.75, 3.05) is 6.54 Å². The van der Waals surface area contributed by atoms with Crippen LogP contribution >= 0.6 is 0 Å². The van der Waals surface area contributed by atoms with Gasteiger partial charge in [-0.25, -0.2) is 0 Å². The molecule has 1 amide bonds. The number of likely N-dealkylation sites (tertiary alicyclic amines) is 1. The topological polar surface area (TPSA) is 76.4 Å². The van der Waals surface area contributed by atoms with Crippen molar-refractivity contribution in [2.45, 2.75) is 49.9 Å². The predicted molar refractivity (Wildman–Crippen MR) is 59.8 cm³/mol. The molecule has 0 spiro atoms. The number of nitrogens with one attached hydrogen (secondary N) is 1. The summed E-state index contributed by atoms with van der Waals surface area (Å²) in [6.45, 7) is 0.704. The van der Waals surface area contributed by atoms with Crippen molar-refractivity contribution in [2.24, 2.45) is 5.92 Å². The molecule has 3 rings (SSSR count). The molecule has 2 heterocycles. The minimum absolute atomic E-state index is 0.0634. The summed E-state index contributed by atoms with van der Waals surface area (Å²) in [5.74, 6) is 0.316. The second-order valence-corrected chi connectivity index (χ2v) is 5.37. The lowest BCUT2D eigenvalue weighted by Crippen LogP contribution is -2.53. The molecule has 0 aromatic heterocycles. The molecule has 2 N–H and O–H groups in total. The number of aliphatic hydroxyl groups is 1. The lowest BCUT2D eigenvalue weighted by Gasteiger charge is -2.30. The maximum atomic E-state index is 12.3. The Morgan fingerprint density at radius 1 is 1.47 bits per heavy atom.